The summed E-state index contributed by atoms with van der Waals surface area (Å²) in [5.74, 6) is 1.07. The van der Waals surface area contributed by atoms with Gasteiger partial charge in [0.25, 0.3) is 5.56 Å². The summed E-state index contributed by atoms with van der Waals surface area (Å²) < 4.78 is 26.5. The number of H-pyrrole nitrogens is 1. The Hall–Kier alpha value is -1.75. The molecule has 0 unspecified atom stereocenters. The number of sulfonamides is 1. The number of pyridine rings is 1. The van der Waals surface area contributed by atoms with Crippen LogP contribution >= 0.6 is 23.1 Å². The zero-order chi connectivity index (χ0) is 20.6. The number of aromatic nitrogens is 3. The lowest BCUT2D eigenvalue weighted by atomic mass is 10.2. The van der Waals surface area contributed by atoms with Crippen LogP contribution in [0.1, 0.15) is 36.5 Å². The fourth-order valence-electron chi connectivity index (χ4n) is 3.57. The summed E-state index contributed by atoms with van der Waals surface area (Å²) in [7, 11) is -3.51. The number of nitrogens with zero attached hydrogens (tertiary/aromatic N) is 3. The number of hydrogen-bond acceptors (Lipinski definition) is 7. The molecule has 0 radical (unpaired) electrons. The summed E-state index contributed by atoms with van der Waals surface area (Å²) in [6.07, 6.45) is 4.49. The maximum Gasteiger partial charge on any atom is 0.259 e. The van der Waals surface area contributed by atoms with Gasteiger partial charge in [-0.1, -0.05) is 25.6 Å². The zero-order valence-corrected chi connectivity index (χ0v) is 18.7. The Morgan fingerprint density at radius 2 is 2.03 bits per heavy atom. The Bertz CT molecular complexity index is 1200. The number of fused-ring (bicyclic) bond motifs is 3. The van der Waals surface area contributed by atoms with Gasteiger partial charge in [0.2, 0.25) is 10.0 Å². The maximum absolute atomic E-state index is 12.5. The lowest BCUT2D eigenvalue weighted by molar-refractivity contribution is 0.445. The first-order valence-electron chi connectivity index (χ1n) is 9.56. The van der Waals surface area contributed by atoms with Crippen LogP contribution in [0.4, 0.5) is 0 Å². The molecular weight excluding hydrogens is 428 g/mol. The molecule has 3 aromatic heterocycles. The number of thiophene rings is 1. The van der Waals surface area contributed by atoms with Crippen molar-refractivity contribution in [1.29, 1.82) is 0 Å². The molecule has 1 aliphatic carbocycles. The van der Waals surface area contributed by atoms with Crippen LogP contribution in [0.3, 0.4) is 0 Å². The van der Waals surface area contributed by atoms with Crippen molar-refractivity contribution < 1.29 is 8.42 Å². The molecule has 0 fully saturated rings. The predicted octanol–water partition coefficient (Wildman–Crippen LogP) is 3.19. The van der Waals surface area contributed by atoms with E-state index >= 15 is 0 Å². The van der Waals surface area contributed by atoms with E-state index in [1.165, 1.54) is 32.7 Å². The van der Waals surface area contributed by atoms with Crippen molar-refractivity contribution >= 4 is 43.3 Å². The summed E-state index contributed by atoms with van der Waals surface area (Å²) in [4.78, 5) is 26.6. The maximum atomic E-state index is 12.5. The van der Waals surface area contributed by atoms with Gasteiger partial charge in [0, 0.05) is 24.2 Å². The van der Waals surface area contributed by atoms with Crippen LogP contribution in [-0.2, 0) is 28.6 Å². The van der Waals surface area contributed by atoms with E-state index in [1.54, 1.807) is 23.5 Å². The van der Waals surface area contributed by atoms with Crippen LogP contribution in [0, 0.1) is 0 Å². The van der Waals surface area contributed by atoms with E-state index in [0.29, 0.717) is 29.7 Å². The molecule has 0 amide bonds. The average molecular weight is 451 g/mol. The number of hydrogen-bond donors (Lipinski definition) is 1. The Labute approximate surface area is 177 Å². The van der Waals surface area contributed by atoms with Gasteiger partial charge in [0.1, 0.15) is 15.6 Å². The van der Waals surface area contributed by atoms with Crippen LogP contribution in [0.5, 0.6) is 0 Å². The van der Waals surface area contributed by atoms with Gasteiger partial charge < -0.3 is 4.98 Å². The molecule has 3 heterocycles. The van der Waals surface area contributed by atoms with E-state index < -0.39 is 10.0 Å². The fraction of sp³-hybridized carbons (Fsp3) is 0.421. The molecule has 29 heavy (non-hydrogen) atoms. The van der Waals surface area contributed by atoms with E-state index in [0.717, 1.165) is 29.5 Å². The third kappa shape index (κ3) is 3.86. The van der Waals surface area contributed by atoms with Crippen molar-refractivity contribution in [2.75, 3.05) is 13.1 Å². The van der Waals surface area contributed by atoms with Crippen LogP contribution in [0.2, 0.25) is 0 Å². The van der Waals surface area contributed by atoms with Gasteiger partial charge in [-0.2, -0.15) is 4.31 Å². The molecule has 1 N–H and O–H groups in total. The van der Waals surface area contributed by atoms with Crippen LogP contribution < -0.4 is 5.56 Å². The van der Waals surface area contributed by atoms with Gasteiger partial charge in [-0.25, -0.2) is 18.4 Å². The monoisotopic (exact) mass is 450 g/mol. The molecule has 0 bridgehead atoms. The highest BCUT2D eigenvalue weighted by Crippen LogP contribution is 2.34. The summed E-state index contributed by atoms with van der Waals surface area (Å²) in [5, 5.41) is 1.43. The smallest absolute Gasteiger partial charge is 0.259 e. The Balaban J connectivity index is 1.50. The topological polar surface area (TPSA) is 96.0 Å². The first-order valence-corrected chi connectivity index (χ1v) is 12.8. The molecule has 0 saturated carbocycles. The number of thioether (sulfide) groups is 1. The molecule has 7 nitrogen and oxygen atoms in total. The van der Waals surface area contributed by atoms with Gasteiger partial charge in [-0.15, -0.1) is 11.3 Å². The van der Waals surface area contributed by atoms with Gasteiger partial charge in [-0.05, 0) is 37.0 Å². The average Bonchev–Trinajstić information content (AvgIpc) is 3.28. The number of aryl methyl sites for hydroxylation is 2. The minimum absolute atomic E-state index is 0.0707. The van der Waals surface area contributed by atoms with Crippen molar-refractivity contribution in [3.8, 4) is 0 Å². The minimum Gasteiger partial charge on any atom is -0.309 e. The second-order valence-corrected chi connectivity index (χ2v) is 10.8. The lowest BCUT2D eigenvalue weighted by Gasteiger charge is -2.18. The molecule has 3 aromatic rings. The first kappa shape index (κ1) is 20.5. The van der Waals surface area contributed by atoms with E-state index in [1.807, 2.05) is 13.8 Å². The Kier molecular flexibility index (Phi) is 5.78. The zero-order valence-electron chi connectivity index (χ0n) is 16.3. The molecular formula is C19H22N4O3S3. The van der Waals surface area contributed by atoms with Crippen molar-refractivity contribution in [3.05, 3.63) is 44.9 Å². The fourth-order valence-corrected chi connectivity index (χ4v) is 6.97. The van der Waals surface area contributed by atoms with E-state index in [2.05, 4.69) is 15.0 Å². The molecule has 1 aliphatic rings. The summed E-state index contributed by atoms with van der Waals surface area (Å²) in [5.41, 5.74) is 1.10. The second-order valence-electron chi connectivity index (χ2n) is 6.76. The van der Waals surface area contributed by atoms with Crippen LogP contribution in [0.25, 0.3) is 10.2 Å². The van der Waals surface area contributed by atoms with Crippen molar-refractivity contribution in [2.24, 2.45) is 0 Å². The molecule has 0 atom stereocenters. The second kappa shape index (κ2) is 8.17. The summed E-state index contributed by atoms with van der Waals surface area (Å²) in [6, 6.07) is 3.27. The van der Waals surface area contributed by atoms with Crippen molar-refractivity contribution in [2.45, 2.75) is 48.8 Å². The van der Waals surface area contributed by atoms with Crippen molar-refractivity contribution in [1.82, 2.24) is 19.3 Å². The number of rotatable bonds is 7. The normalized spacial score (nSPS) is 14.0. The molecule has 10 heteroatoms. The summed E-state index contributed by atoms with van der Waals surface area (Å²) >= 11 is 3.03. The highest BCUT2D eigenvalue weighted by molar-refractivity contribution is 7.98. The largest absolute Gasteiger partial charge is 0.309 e. The molecule has 4 rings (SSSR count). The third-order valence-electron chi connectivity index (χ3n) is 5.03. The van der Waals surface area contributed by atoms with E-state index in [4.69, 9.17) is 0 Å². The number of nitrogens with one attached hydrogen (secondary N) is 1. The van der Waals surface area contributed by atoms with Gasteiger partial charge >= 0.3 is 0 Å². The quantitative estimate of drug-likeness (QED) is 0.556. The SMILES string of the molecule is CCN(CC)S(=O)(=O)c1ccc(SCc2nc3sc4c(c3c(=O)[nH]2)CCC4)nc1. The highest BCUT2D eigenvalue weighted by Gasteiger charge is 2.22. The lowest BCUT2D eigenvalue weighted by Crippen LogP contribution is -2.30. The van der Waals surface area contributed by atoms with Gasteiger partial charge in [-0.3, -0.25) is 4.79 Å². The molecule has 0 spiro atoms. The Morgan fingerprint density at radius 3 is 2.72 bits per heavy atom. The predicted molar refractivity (Wildman–Crippen MR) is 116 cm³/mol. The highest BCUT2D eigenvalue weighted by atomic mass is 32.2. The minimum atomic E-state index is -3.51. The summed E-state index contributed by atoms with van der Waals surface area (Å²) in [6.45, 7) is 4.46. The first-order chi connectivity index (χ1) is 13.9. The van der Waals surface area contributed by atoms with Crippen LogP contribution in [0.15, 0.2) is 33.0 Å². The molecule has 154 valence electrons. The van der Waals surface area contributed by atoms with E-state index in [-0.39, 0.29) is 10.5 Å². The van der Waals surface area contributed by atoms with Gasteiger partial charge in [0.05, 0.1) is 16.2 Å². The van der Waals surface area contributed by atoms with Crippen LogP contribution in [-0.4, -0.2) is 40.8 Å². The van der Waals surface area contributed by atoms with Crippen molar-refractivity contribution in [3.63, 3.8) is 0 Å². The molecule has 0 aliphatic heterocycles. The number of aromatic amines is 1. The Morgan fingerprint density at radius 1 is 1.24 bits per heavy atom. The standard InChI is InChI=1S/C19H22N4O3S3/c1-3-23(4-2)29(25,26)12-8-9-16(20-10-12)27-11-15-21-18(24)17-13-6-5-7-14(13)28-19(17)22-15/h8-10H,3-7,11H2,1-2H3,(H,21,22,24). The van der Waals surface area contributed by atoms with Gasteiger partial charge in [0.15, 0.2) is 0 Å². The molecule has 0 saturated heterocycles. The third-order valence-corrected chi connectivity index (χ3v) is 9.21. The van der Waals surface area contributed by atoms with E-state index in [9.17, 15) is 13.2 Å². The molecule has 0 aromatic carbocycles.